The van der Waals surface area contributed by atoms with Crippen molar-refractivity contribution in [2.45, 2.75) is 0 Å². The predicted octanol–water partition coefficient (Wildman–Crippen LogP) is 3.25. The maximum atomic E-state index is 5.62. The molecule has 0 fully saturated rings. The molecule has 0 saturated carbocycles. The van der Waals surface area contributed by atoms with Crippen LogP contribution in [0.1, 0.15) is 5.56 Å². The van der Waals surface area contributed by atoms with Crippen molar-refractivity contribution >= 4 is 38.1 Å². The van der Waals surface area contributed by atoms with Crippen molar-refractivity contribution in [3.05, 3.63) is 52.0 Å². The van der Waals surface area contributed by atoms with Crippen LogP contribution in [0.15, 0.2) is 51.5 Å². The molecule has 0 aliphatic carbocycles. The second-order valence-corrected chi connectivity index (χ2v) is 5.26. The molecule has 1 aromatic carbocycles. The summed E-state index contributed by atoms with van der Waals surface area (Å²) in [6, 6.07) is 3.82. The maximum absolute atomic E-state index is 5.62. The molecule has 5 nitrogen and oxygen atoms in total. The van der Waals surface area contributed by atoms with Gasteiger partial charge in [-0.25, -0.2) is 4.68 Å². The molecule has 1 aromatic heterocycles. The lowest BCUT2D eigenvalue weighted by Crippen LogP contribution is -1.99. The first kappa shape index (κ1) is 14.0. The first-order valence-corrected chi connectivity index (χ1v) is 6.91. The summed E-state index contributed by atoms with van der Waals surface area (Å²) in [6.45, 7) is 4.06. The van der Waals surface area contributed by atoms with Crippen LogP contribution in [0.4, 0.5) is 0 Å². The van der Waals surface area contributed by atoms with Gasteiger partial charge in [0.25, 0.3) is 0 Å². The van der Waals surface area contributed by atoms with Crippen molar-refractivity contribution in [2.24, 2.45) is 5.10 Å². The fraction of sp³-hybridized carbons (Fsp3) is 0.0833. The van der Waals surface area contributed by atoms with Gasteiger partial charge in [0.15, 0.2) is 0 Å². The minimum Gasteiger partial charge on any atom is -0.488 e. The Hall–Kier alpha value is -1.47. The quantitative estimate of drug-likeness (QED) is 0.586. The Balaban J connectivity index is 2.34. The fourth-order valence-corrected chi connectivity index (χ4v) is 2.73. The number of hydrogen-bond donors (Lipinski definition) is 0. The summed E-state index contributed by atoms with van der Waals surface area (Å²) in [7, 11) is 0. The number of hydrogen-bond acceptors (Lipinski definition) is 4. The lowest BCUT2D eigenvalue weighted by molar-refractivity contribution is 0.360. The third-order valence-corrected chi connectivity index (χ3v) is 3.17. The van der Waals surface area contributed by atoms with Gasteiger partial charge >= 0.3 is 0 Å². The van der Waals surface area contributed by atoms with E-state index in [9.17, 15) is 0 Å². The Morgan fingerprint density at radius 1 is 1.32 bits per heavy atom. The largest absolute Gasteiger partial charge is 0.488 e. The molecule has 7 heteroatoms. The van der Waals surface area contributed by atoms with E-state index >= 15 is 0 Å². The summed E-state index contributed by atoms with van der Waals surface area (Å²) < 4.78 is 8.90. The van der Waals surface area contributed by atoms with Gasteiger partial charge in [0, 0.05) is 10.0 Å². The van der Waals surface area contributed by atoms with Crippen molar-refractivity contribution in [2.75, 3.05) is 6.61 Å². The number of halogens is 2. The monoisotopic (exact) mass is 384 g/mol. The van der Waals surface area contributed by atoms with Crippen LogP contribution in [0.3, 0.4) is 0 Å². The molecule has 2 rings (SSSR count). The Bertz CT molecular complexity index is 596. The van der Waals surface area contributed by atoms with Crippen LogP contribution in [-0.2, 0) is 0 Å². The maximum Gasteiger partial charge on any atom is 0.142 e. The van der Waals surface area contributed by atoms with Crippen molar-refractivity contribution < 1.29 is 4.74 Å². The number of rotatable bonds is 5. The van der Waals surface area contributed by atoms with Crippen LogP contribution in [0.5, 0.6) is 5.75 Å². The van der Waals surface area contributed by atoms with E-state index in [0.717, 1.165) is 14.5 Å². The predicted molar refractivity (Wildman–Crippen MR) is 80.5 cm³/mol. The third kappa shape index (κ3) is 3.74. The molecule has 0 unspecified atom stereocenters. The zero-order valence-electron chi connectivity index (χ0n) is 9.83. The standard InChI is InChI=1S/C12H10Br2N4O/c1-2-3-19-12-9(4-10(13)5-11(12)14)6-17-18-7-15-16-8-18/h2,4-8H,1,3H2/b17-6-. The summed E-state index contributed by atoms with van der Waals surface area (Å²) in [5.41, 5.74) is 0.830. The molecular weight excluding hydrogens is 376 g/mol. The SMILES string of the molecule is C=CCOc1c(Br)cc(Br)cc1/C=N\n1cnnc1. The Morgan fingerprint density at radius 2 is 2.05 bits per heavy atom. The highest BCUT2D eigenvalue weighted by atomic mass is 79.9. The number of benzene rings is 1. The van der Waals surface area contributed by atoms with Crippen LogP contribution in [-0.4, -0.2) is 27.7 Å². The van der Waals surface area contributed by atoms with Gasteiger partial charge in [0.1, 0.15) is 25.0 Å². The Kier molecular flexibility index (Phi) is 4.86. The van der Waals surface area contributed by atoms with Gasteiger partial charge in [-0.15, -0.1) is 10.2 Å². The van der Waals surface area contributed by atoms with Crippen LogP contribution >= 0.6 is 31.9 Å². The van der Waals surface area contributed by atoms with Crippen LogP contribution in [0, 0.1) is 0 Å². The van der Waals surface area contributed by atoms with Crippen molar-refractivity contribution in [1.29, 1.82) is 0 Å². The molecule has 0 aliphatic rings. The van der Waals surface area contributed by atoms with Crippen LogP contribution in [0.2, 0.25) is 0 Å². The molecule has 0 N–H and O–H groups in total. The summed E-state index contributed by atoms with van der Waals surface area (Å²) in [5.74, 6) is 0.708. The first-order chi connectivity index (χ1) is 9.20. The summed E-state index contributed by atoms with van der Waals surface area (Å²) in [4.78, 5) is 0. The average molecular weight is 386 g/mol. The number of nitrogens with zero attached hydrogens (tertiary/aromatic N) is 4. The second kappa shape index (κ2) is 6.63. The topological polar surface area (TPSA) is 52.3 Å². The molecule has 0 bridgehead atoms. The van der Waals surface area contributed by atoms with Gasteiger partial charge < -0.3 is 4.74 Å². The van der Waals surface area contributed by atoms with Crippen LogP contribution < -0.4 is 4.74 Å². The molecule has 0 radical (unpaired) electrons. The van der Waals surface area contributed by atoms with E-state index in [1.807, 2.05) is 12.1 Å². The molecule has 0 amide bonds. The summed E-state index contributed by atoms with van der Waals surface area (Å²) in [5, 5.41) is 11.6. The highest BCUT2D eigenvalue weighted by Gasteiger charge is 2.08. The van der Waals surface area contributed by atoms with E-state index < -0.39 is 0 Å². The van der Waals surface area contributed by atoms with E-state index in [-0.39, 0.29) is 0 Å². The highest BCUT2D eigenvalue weighted by molar-refractivity contribution is 9.11. The molecule has 0 spiro atoms. The van der Waals surface area contributed by atoms with Crippen LogP contribution in [0.25, 0.3) is 0 Å². The molecule has 1 heterocycles. The van der Waals surface area contributed by atoms with E-state index in [2.05, 4.69) is 53.7 Å². The minimum absolute atomic E-state index is 0.424. The Morgan fingerprint density at radius 3 is 2.74 bits per heavy atom. The summed E-state index contributed by atoms with van der Waals surface area (Å²) in [6.07, 6.45) is 6.38. The molecule has 2 aromatic rings. The van der Waals surface area contributed by atoms with Crippen molar-refractivity contribution in [1.82, 2.24) is 14.9 Å². The number of aromatic nitrogens is 3. The van der Waals surface area contributed by atoms with E-state index in [4.69, 9.17) is 4.74 Å². The van der Waals surface area contributed by atoms with Gasteiger partial charge in [0.05, 0.1) is 10.7 Å². The zero-order chi connectivity index (χ0) is 13.7. The minimum atomic E-state index is 0.424. The van der Waals surface area contributed by atoms with E-state index in [1.54, 1.807) is 12.3 Å². The molecule has 19 heavy (non-hydrogen) atoms. The van der Waals surface area contributed by atoms with Crippen molar-refractivity contribution in [3.63, 3.8) is 0 Å². The number of ether oxygens (including phenoxy) is 1. The molecule has 0 aliphatic heterocycles. The highest BCUT2D eigenvalue weighted by Crippen LogP contribution is 2.32. The Labute approximate surface area is 127 Å². The lowest BCUT2D eigenvalue weighted by Gasteiger charge is -2.10. The molecule has 98 valence electrons. The van der Waals surface area contributed by atoms with E-state index in [0.29, 0.717) is 12.4 Å². The van der Waals surface area contributed by atoms with Crippen molar-refractivity contribution in [3.8, 4) is 5.75 Å². The zero-order valence-corrected chi connectivity index (χ0v) is 13.0. The molecular formula is C12H10Br2N4O. The van der Waals surface area contributed by atoms with E-state index in [1.165, 1.54) is 17.3 Å². The summed E-state index contributed by atoms with van der Waals surface area (Å²) >= 11 is 6.90. The van der Waals surface area contributed by atoms with Gasteiger partial charge in [-0.2, -0.15) is 5.10 Å². The third-order valence-electron chi connectivity index (χ3n) is 2.12. The van der Waals surface area contributed by atoms with Gasteiger partial charge in [-0.1, -0.05) is 28.6 Å². The fourth-order valence-electron chi connectivity index (χ4n) is 1.35. The smallest absolute Gasteiger partial charge is 0.142 e. The normalized spacial score (nSPS) is 10.8. The van der Waals surface area contributed by atoms with Gasteiger partial charge in [-0.05, 0) is 28.1 Å². The second-order valence-electron chi connectivity index (χ2n) is 3.49. The first-order valence-electron chi connectivity index (χ1n) is 5.32. The molecule has 0 atom stereocenters. The molecule has 0 saturated heterocycles. The van der Waals surface area contributed by atoms with Gasteiger partial charge in [-0.3, -0.25) is 0 Å². The van der Waals surface area contributed by atoms with Gasteiger partial charge in [0.2, 0.25) is 0 Å². The lowest BCUT2D eigenvalue weighted by atomic mass is 10.2. The average Bonchev–Trinajstić information content (AvgIpc) is 2.88.